The van der Waals surface area contributed by atoms with Crippen LogP contribution in [0.5, 0.6) is 0 Å². The smallest absolute Gasteiger partial charge is 0.156 e. The summed E-state index contributed by atoms with van der Waals surface area (Å²) in [5.41, 5.74) is 1.99. The molecule has 1 saturated carbocycles. The second-order valence-corrected chi connectivity index (χ2v) is 3.78. The Bertz CT molecular complexity index is 459. The summed E-state index contributed by atoms with van der Waals surface area (Å²) in [4.78, 5) is 4.17. The Morgan fingerprint density at radius 1 is 1.46 bits per heavy atom. The number of nitrogens with zero attached hydrogens (tertiary/aromatic N) is 3. The highest BCUT2D eigenvalue weighted by molar-refractivity contribution is 6.29. The minimum Gasteiger partial charge on any atom is -0.222 e. The summed E-state index contributed by atoms with van der Waals surface area (Å²) in [6.07, 6.45) is 4.37. The Balaban J connectivity index is 2.20. The topological polar surface area (TPSA) is 30.2 Å². The van der Waals surface area contributed by atoms with Crippen molar-refractivity contribution in [3.63, 3.8) is 0 Å². The van der Waals surface area contributed by atoms with Gasteiger partial charge in [-0.3, -0.25) is 0 Å². The minimum atomic E-state index is 0.523. The van der Waals surface area contributed by atoms with Gasteiger partial charge >= 0.3 is 0 Å². The van der Waals surface area contributed by atoms with Crippen molar-refractivity contribution < 1.29 is 0 Å². The molecule has 13 heavy (non-hydrogen) atoms. The molecule has 0 aliphatic heterocycles. The SMILES string of the molecule is Clc1ccn2nc(C3CC3)cc2n1. The van der Waals surface area contributed by atoms with Gasteiger partial charge in [-0.15, -0.1) is 0 Å². The largest absolute Gasteiger partial charge is 0.222 e. The molecule has 0 atom stereocenters. The van der Waals surface area contributed by atoms with Crippen LogP contribution < -0.4 is 0 Å². The van der Waals surface area contributed by atoms with Gasteiger partial charge in [0.15, 0.2) is 5.65 Å². The van der Waals surface area contributed by atoms with Gasteiger partial charge in [-0.2, -0.15) is 5.10 Å². The maximum absolute atomic E-state index is 5.77. The average molecular weight is 194 g/mol. The number of halogens is 1. The van der Waals surface area contributed by atoms with E-state index in [1.165, 1.54) is 12.8 Å². The molecule has 1 aliphatic carbocycles. The van der Waals surface area contributed by atoms with Gasteiger partial charge in [-0.25, -0.2) is 9.50 Å². The van der Waals surface area contributed by atoms with Crippen LogP contribution in [0, 0.1) is 0 Å². The third-order valence-corrected chi connectivity index (χ3v) is 2.52. The summed E-state index contributed by atoms with van der Waals surface area (Å²) in [5.74, 6) is 0.667. The van der Waals surface area contributed by atoms with Gasteiger partial charge in [0.1, 0.15) is 5.15 Å². The van der Waals surface area contributed by atoms with Gasteiger partial charge in [0, 0.05) is 18.2 Å². The highest BCUT2D eigenvalue weighted by atomic mass is 35.5. The molecule has 2 heterocycles. The average Bonchev–Trinajstić information content (AvgIpc) is 2.87. The molecule has 4 heteroatoms. The molecule has 66 valence electrons. The number of rotatable bonds is 1. The zero-order valence-electron chi connectivity index (χ0n) is 6.94. The van der Waals surface area contributed by atoms with E-state index >= 15 is 0 Å². The first-order chi connectivity index (χ1) is 6.33. The molecule has 2 aromatic heterocycles. The fourth-order valence-electron chi connectivity index (χ4n) is 1.45. The summed E-state index contributed by atoms with van der Waals surface area (Å²) in [7, 11) is 0. The van der Waals surface area contributed by atoms with E-state index in [0.717, 1.165) is 11.3 Å². The molecular weight excluding hydrogens is 186 g/mol. The predicted octanol–water partition coefficient (Wildman–Crippen LogP) is 2.26. The van der Waals surface area contributed by atoms with Crippen molar-refractivity contribution in [2.45, 2.75) is 18.8 Å². The molecule has 1 aliphatic rings. The molecule has 0 radical (unpaired) electrons. The van der Waals surface area contributed by atoms with E-state index in [1.807, 2.05) is 12.3 Å². The number of hydrogen-bond donors (Lipinski definition) is 0. The van der Waals surface area contributed by atoms with E-state index in [2.05, 4.69) is 10.1 Å². The van der Waals surface area contributed by atoms with E-state index in [1.54, 1.807) is 10.6 Å². The van der Waals surface area contributed by atoms with Gasteiger partial charge in [0.25, 0.3) is 0 Å². The predicted molar refractivity (Wildman–Crippen MR) is 50.0 cm³/mol. The Hall–Kier alpha value is -1.09. The van der Waals surface area contributed by atoms with Crippen molar-refractivity contribution in [3.8, 4) is 0 Å². The second-order valence-electron chi connectivity index (χ2n) is 3.40. The molecule has 0 aromatic carbocycles. The molecule has 0 bridgehead atoms. The Morgan fingerprint density at radius 2 is 2.31 bits per heavy atom. The van der Waals surface area contributed by atoms with Crippen LogP contribution in [-0.2, 0) is 0 Å². The number of fused-ring (bicyclic) bond motifs is 1. The Morgan fingerprint density at radius 3 is 3.08 bits per heavy atom. The van der Waals surface area contributed by atoms with Crippen LogP contribution in [0.25, 0.3) is 5.65 Å². The fourth-order valence-corrected chi connectivity index (χ4v) is 1.60. The van der Waals surface area contributed by atoms with Crippen LogP contribution >= 0.6 is 11.6 Å². The second kappa shape index (κ2) is 2.45. The first-order valence-electron chi connectivity index (χ1n) is 4.35. The zero-order chi connectivity index (χ0) is 8.84. The van der Waals surface area contributed by atoms with E-state index < -0.39 is 0 Å². The molecule has 0 amide bonds. The maximum Gasteiger partial charge on any atom is 0.156 e. The number of aromatic nitrogens is 3. The van der Waals surface area contributed by atoms with Crippen LogP contribution in [0.2, 0.25) is 5.15 Å². The van der Waals surface area contributed by atoms with Gasteiger partial charge < -0.3 is 0 Å². The van der Waals surface area contributed by atoms with Crippen LogP contribution in [0.3, 0.4) is 0 Å². The van der Waals surface area contributed by atoms with Gasteiger partial charge in [-0.1, -0.05) is 11.6 Å². The Kier molecular flexibility index (Phi) is 1.38. The van der Waals surface area contributed by atoms with Crippen molar-refractivity contribution in [1.82, 2.24) is 14.6 Å². The van der Waals surface area contributed by atoms with Gasteiger partial charge in [0.2, 0.25) is 0 Å². The first kappa shape index (κ1) is 7.33. The third kappa shape index (κ3) is 1.20. The van der Waals surface area contributed by atoms with Crippen molar-refractivity contribution in [3.05, 3.63) is 29.2 Å². The molecule has 0 saturated heterocycles. The van der Waals surface area contributed by atoms with Crippen molar-refractivity contribution in [2.24, 2.45) is 0 Å². The molecule has 0 unspecified atom stereocenters. The summed E-state index contributed by atoms with van der Waals surface area (Å²) in [5, 5.41) is 4.93. The van der Waals surface area contributed by atoms with Crippen LogP contribution in [0.1, 0.15) is 24.5 Å². The lowest BCUT2D eigenvalue weighted by Crippen LogP contribution is -1.89. The first-order valence-corrected chi connectivity index (χ1v) is 4.72. The summed E-state index contributed by atoms with van der Waals surface area (Å²) in [6, 6.07) is 3.77. The summed E-state index contributed by atoms with van der Waals surface area (Å²) < 4.78 is 1.78. The van der Waals surface area contributed by atoms with E-state index in [9.17, 15) is 0 Å². The quantitative estimate of drug-likeness (QED) is 0.651. The van der Waals surface area contributed by atoms with Crippen molar-refractivity contribution in [2.75, 3.05) is 0 Å². The molecule has 1 fully saturated rings. The lowest BCUT2D eigenvalue weighted by molar-refractivity contribution is 0.881. The van der Waals surface area contributed by atoms with Crippen molar-refractivity contribution in [1.29, 1.82) is 0 Å². The van der Waals surface area contributed by atoms with Crippen LogP contribution in [0.15, 0.2) is 18.3 Å². The molecule has 3 nitrogen and oxygen atoms in total. The standard InChI is InChI=1S/C9H8ClN3/c10-8-3-4-13-9(11-8)5-7(12-13)6-1-2-6/h3-6H,1-2H2. The van der Waals surface area contributed by atoms with E-state index in [4.69, 9.17) is 11.6 Å². The van der Waals surface area contributed by atoms with Crippen LogP contribution in [-0.4, -0.2) is 14.6 Å². The maximum atomic E-state index is 5.77. The molecule has 2 aromatic rings. The summed E-state index contributed by atoms with van der Waals surface area (Å²) >= 11 is 5.77. The molecule has 0 spiro atoms. The lowest BCUT2D eigenvalue weighted by Gasteiger charge is -1.90. The van der Waals surface area contributed by atoms with E-state index in [0.29, 0.717) is 11.1 Å². The lowest BCUT2D eigenvalue weighted by atomic mass is 10.3. The van der Waals surface area contributed by atoms with Gasteiger partial charge in [-0.05, 0) is 18.9 Å². The monoisotopic (exact) mass is 193 g/mol. The third-order valence-electron chi connectivity index (χ3n) is 2.31. The van der Waals surface area contributed by atoms with Gasteiger partial charge in [0.05, 0.1) is 5.69 Å². The molecule has 0 N–H and O–H groups in total. The Labute approximate surface area is 80.3 Å². The molecule has 3 rings (SSSR count). The highest BCUT2D eigenvalue weighted by Crippen LogP contribution is 2.39. The normalized spacial score (nSPS) is 16.7. The highest BCUT2D eigenvalue weighted by Gasteiger charge is 2.26. The van der Waals surface area contributed by atoms with Crippen LogP contribution in [0.4, 0.5) is 0 Å². The number of hydrogen-bond acceptors (Lipinski definition) is 2. The summed E-state index contributed by atoms with van der Waals surface area (Å²) in [6.45, 7) is 0. The minimum absolute atomic E-state index is 0.523. The fraction of sp³-hybridized carbons (Fsp3) is 0.333. The van der Waals surface area contributed by atoms with E-state index in [-0.39, 0.29) is 0 Å². The van der Waals surface area contributed by atoms with Crippen molar-refractivity contribution >= 4 is 17.2 Å². The molecular formula is C9H8ClN3. The zero-order valence-corrected chi connectivity index (χ0v) is 7.70.